The van der Waals surface area contributed by atoms with Crippen LogP contribution in [0.1, 0.15) is 35.7 Å². The van der Waals surface area contributed by atoms with Crippen molar-refractivity contribution in [3.05, 3.63) is 105 Å². The van der Waals surface area contributed by atoms with Crippen LogP contribution in [0.3, 0.4) is 0 Å². The van der Waals surface area contributed by atoms with Gasteiger partial charge >= 0.3 is 0 Å². The van der Waals surface area contributed by atoms with Crippen LogP contribution >= 0.6 is 0 Å². The van der Waals surface area contributed by atoms with Crippen molar-refractivity contribution in [2.24, 2.45) is 0 Å². The van der Waals surface area contributed by atoms with Crippen LogP contribution in [0.2, 0.25) is 0 Å². The van der Waals surface area contributed by atoms with Crippen molar-refractivity contribution in [3.8, 4) is 5.75 Å². The van der Waals surface area contributed by atoms with Gasteiger partial charge in [-0.2, -0.15) is 0 Å². The number of ether oxygens (including phenoxy) is 1. The summed E-state index contributed by atoms with van der Waals surface area (Å²) in [6, 6.07) is 16.6. The molecule has 0 aromatic heterocycles. The monoisotopic (exact) mass is 398 g/mol. The van der Waals surface area contributed by atoms with Crippen LogP contribution in [-0.2, 0) is 0 Å². The lowest BCUT2D eigenvalue weighted by molar-refractivity contribution is -0.384. The third-order valence-corrected chi connectivity index (χ3v) is 4.72. The topological polar surface area (TPSA) is 64.4 Å². The van der Waals surface area contributed by atoms with E-state index in [0.29, 0.717) is 16.9 Å². The Morgan fingerprint density at radius 3 is 2.24 bits per heavy atom. The fourth-order valence-electron chi connectivity index (χ4n) is 3.13. The van der Waals surface area contributed by atoms with Gasteiger partial charge in [-0.3, -0.25) is 15.4 Å². The molecular weight excluding hydrogens is 378 g/mol. The third-order valence-electron chi connectivity index (χ3n) is 4.72. The van der Waals surface area contributed by atoms with Gasteiger partial charge in [-0.25, -0.2) is 8.78 Å². The number of hydrogen-bond acceptors (Lipinski definition) is 4. The molecule has 2 atom stereocenters. The highest BCUT2D eigenvalue weighted by molar-refractivity contribution is 5.41. The molecule has 0 spiro atoms. The lowest BCUT2D eigenvalue weighted by Crippen LogP contribution is -2.26. The zero-order chi connectivity index (χ0) is 21.0. The van der Waals surface area contributed by atoms with Gasteiger partial charge in [0.1, 0.15) is 5.75 Å². The highest BCUT2D eigenvalue weighted by atomic mass is 19.2. The first-order valence-corrected chi connectivity index (χ1v) is 8.98. The fourth-order valence-corrected chi connectivity index (χ4v) is 3.13. The van der Waals surface area contributed by atoms with Crippen molar-refractivity contribution in [2.45, 2.75) is 19.0 Å². The number of benzene rings is 3. The van der Waals surface area contributed by atoms with E-state index in [9.17, 15) is 18.9 Å². The molecule has 7 heteroatoms. The van der Waals surface area contributed by atoms with Gasteiger partial charge in [-0.1, -0.05) is 30.3 Å². The molecule has 0 saturated carbocycles. The minimum Gasteiger partial charge on any atom is -0.497 e. The smallest absolute Gasteiger partial charge is 0.269 e. The first kappa shape index (κ1) is 20.4. The number of nitro groups is 1. The molecule has 150 valence electrons. The Labute approximate surface area is 167 Å². The van der Waals surface area contributed by atoms with Gasteiger partial charge in [0, 0.05) is 18.2 Å². The van der Waals surface area contributed by atoms with Crippen molar-refractivity contribution in [2.75, 3.05) is 7.11 Å². The van der Waals surface area contributed by atoms with Crippen molar-refractivity contribution < 1.29 is 18.4 Å². The molecule has 1 unspecified atom stereocenters. The molecule has 29 heavy (non-hydrogen) atoms. The molecule has 0 bridgehead atoms. The minimum absolute atomic E-state index is 0.0247. The lowest BCUT2D eigenvalue weighted by atomic mass is 9.96. The lowest BCUT2D eigenvalue weighted by Gasteiger charge is -2.25. The average Bonchev–Trinajstić information content (AvgIpc) is 2.74. The maximum Gasteiger partial charge on any atom is 0.269 e. The van der Waals surface area contributed by atoms with Crippen molar-refractivity contribution >= 4 is 5.69 Å². The Morgan fingerprint density at radius 2 is 1.62 bits per heavy atom. The van der Waals surface area contributed by atoms with Crippen LogP contribution in [0.4, 0.5) is 14.5 Å². The second-order valence-electron chi connectivity index (χ2n) is 6.62. The van der Waals surface area contributed by atoms with E-state index in [1.807, 2.05) is 19.1 Å². The van der Waals surface area contributed by atoms with Crippen LogP contribution in [-0.4, -0.2) is 12.0 Å². The number of rotatable bonds is 7. The van der Waals surface area contributed by atoms with Gasteiger partial charge in [0.25, 0.3) is 5.69 Å². The van der Waals surface area contributed by atoms with Crippen molar-refractivity contribution in [3.63, 3.8) is 0 Å². The van der Waals surface area contributed by atoms with Crippen LogP contribution in [0.15, 0.2) is 66.7 Å². The number of nitrogens with zero attached hydrogens (tertiary/aromatic N) is 1. The van der Waals surface area contributed by atoms with Gasteiger partial charge in [0.05, 0.1) is 18.1 Å². The second kappa shape index (κ2) is 8.79. The SMILES string of the molecule is COc1ccc(C(N[C@H](C)c2ccc(F)c(F)c2)c2cccc([N+](=O)[O-])c2)cc1. The van der Waals surface area contributed by atoms with Crippen LogP contribution in [0.5, 0.6) is 5.75 Å². The van der Waals surface area contributed by atoms with Gasteiger partial charge in [0.15, 0.2) is 11.6 Å². The maximum absolute atomic E-state index is 13.7. The second-order valence-corrected chi connectivity index (χ2v) is 6.62. The number of nitro benzene ring substituents is 1. The maximum atomic E-state index is 13.7. The summed E-state index contributed by atoms with van der Waals surface area (Å²) in [6.45, 7) is 1.82. The van der Waals surface area contributed by atoms with Gasteiger partial charge in [-0.15, -0.1) is 0 Å². The Bertz CT molecular complexity index is 1010. The number of nitrogens with one attached hydrogen (secondary N) is 1. The van der Waals surface area contributed by atoms with E-state index in [4.69, 9.17) is 4.74 Å². The summed E-state index contributed by atoms with van der Waals surface area (Å²) in [6.07, 6.45) is 0. The summed E-state index contributed by atoms with van der Waals surface area (Å²) in [7, 11) is 1.57. The molecule has 0 aliphatic rings. The van der Waals surface area contributed by atoms with E-state index in [2.05, 4.69) is 5.32 Å². The van der Waals surface area contributed by atoms with Crippen LogP contribution < -0.4 is 10.1 Å². The quantitative estimate of drug-likeness (QED) is 0.432. The minimum atomic E-state index is -0.924. The van der Waals surface area contributed by atoms with Gasteiger partial charge in [-0.05, 0) is 47.9 Å². The fraction of sp³-hybridized carbons (Fsp3) is 0.182. The Balaban J connectivity index is 1.98. The molecule has 3 rings (SSSR count). The largest absolute Gasteiger partial charge is 0.497 e. The van der Waals surface area contributed by atoms with E-state index in [1.165, 1.54) is 18.2 Å². The summed E-state index contributed by atoms with van der Waals surface area (Å²) >= 11 is 0. The number of halogens is 2. The normalized spacial score (nSPS) is 13.0. The molecule has 0 radical (unpaired) electrons. The summed E-state index contributed by atoms with van der Waals surface area (Å²) in [5, 5.41) is 14.6. The molecule has 3 aromatic rings. The first-order valence-electron chi connectivity index (χ1n) is 8.98. The van der Waals surface area contributed by atoms with Crippen molar-refractivity contribution in [1.29, 1.82) is 0 Å². The highest BCUT2D eigenvalue weighted by Gasteiger charge is 2.20. The molecule has 3 aromatic carbocycles. The van der Waals surface area contributed by atoms with E-state index in [0.717, 1.165) is 17.7 Å². The zero-order valence-corrected chi connectivity index (χ0v) is 15.9. The third kappa shape index (κ3) is 4.75. The summed E-state index contributed by atoms with van der Waals surface area (Å²) < 4.78 is 32.1. The van der Waals surface area contributed by atoms with E-state index >= 15 is 0 Å². The molecule has 0 amide bonds. The molecular formula is C22H20F2N2O3. The summed E-state index contributed by atoms with van der Waals surface area (Å²) in [4.78, 5) is 10.7. The molecule has 0 heterocycles. The van der Waals surface area contributed by atoms with E-state index in [1.54, 1.807) is 31.4 Å². The predicted octanol–water partition coefficient (Wildman–Crippen LogP) is 5.32. The van der Waals surface area contributed by atoms with Crippen LogP contribution in [0, 0.1) is 21.7 Å². The molecule has 0 fully saturated rings. The molecule has 1 N–H and O–H groups in total. The Hall–Kier alpha value is -3.32. The van der Waals surface area contributed by atoms with Crippen molar-refractivity contribution in [1.82, 2.24) is 5.32 Å². The average molecular weight is 398 g/mol. The van der Waals surface area contributed by atoms with Gasteiger partial charge < -0.3 is 4.74 Å². The molecule has 5 nitrogen and oxygen atoms in total. The summed E-state index contributed by atoms with van der Waals surface area (Å²) in [5.74, 6) is -1.15. The van der Waals surface area contributed by atoms with E-state index < -0.39 is 22.6 Å². The number of hydrogen-bond donors (Lipinski definition) is 1. The standard InChI is InChI=1S/C22H20F2N2O3/c1-14(16-8-11-20(23)21(24)13-16)25-22(15-6-9-19(29-2)10-7-15)17-4-3-5-18(12-17)26(27)28/h3-14,22,25H,1-2H3/t14-,22?/m1/s1. The summed E-state index contributed by atoms with van der Waals surface area (Å²) in [5.41, 5.74) is 2.07. The first-order chi connectivity index (χ1) is 13.9. The number of non-ortho nitro benzene ring substituents is 1. The molecule has 0 saturated heterocycles. The highest BCUT2D eigenvalue weighted by Crippen LogP contribution is 2.29. The zero-order valence-electron chi connectivity index (χ0n) is 15.9. The Morgan fingerprint density at radius 1 is 0.931 bits per heavy atom. The molecule has 0 aliphatic heterocycles. The van der Waals surface area contributed by atoms with E-state index in [-0.39, 0.29) is 11.7 Å². The van der Waals surface area contributed by atoms with Crippen LogP contribution in [0.25, 0.3) is 0 Å². The molecule has 0 aliphatic carbocycles. The predicted molar refractivity (Wildman–Crippen MR) is 106 cm³/mol. The van der Waals surface area contributed by atoms with Gasteiger partial charge in [0.2, 0.25) is 0 Å². The Kier molecular flexibility index (Phi) is 6.19. The number of methoxy groups -OCH3 is 1.